The van der Waals surface area contributed by atoms with Crippen molar-refractivity contribution in [2.24, 2.45) is 0 Å². The zero-order chi connectivity index (χ0) is 14.9. The molecule has 0 amide bonds. The van der Waals surface area contributed by atoms with E-state index in [0.29, 0.717) is 0 Å². The highest BCUT2D eigenvalue weighted by Crippen LogP contribution is 2.26. The number of rotatable bonds is 2. The molecule has 4 heteroatoms. The second-order valence-electron chi connectivity index (χ2n) is 4.97. The van der Waals surface area contributed by atoms with E-state index in [1.54, 1.807) is 24.5 Å². The molecule has 22 heavy (non-hydrogen) atoms. The largest absolute Gasteiger partial charge is 0.299 e. The smallest absolute Gasteiger partial charge is 0.144 e. The lowest BCUT2D eigenvalue weighted by molar-refractivity contribution is 0.628. The first-order chi connectivity index (χ1) is 10.8. The Hall–Kier alpha value is -3.01. The van der Waals surface area contributed by atoms with Gasteiger partial charge in [-0.2, -0.15) is 0 Å². The van der Waals surface area contributed by atoms with E-state index >= 15 is 0 Å². The highest BCUT2D eigenvalue weighted by molar-refractivity contribution is 5.87. The minimum atomic E-state index is -0.254. The molecule has 0 radical (unpaired) electrons. The fraction of sp³-hybridized carbons (Fsp3) is 0. The van der Waals surface area contributed by atoms with E-state index in [2.05, 4.69) is 9.97 Å². The fourth-order valence-corrected chi connectivity index (χ4v) is 2.60. The Balaban J connectivity index is 1.94. The summed E-state index contributed by atoms with van der Waals surface area (Å²) in [7, 11) is 0. The fourth-order valence-electron chi connectivity index (χ4n) is 2.60. The average molecular weight is 289 g/mol. The van der Waals surface area contributed by atoms with Crippen molar-refractivity contribution in [3.8, 4) is 17.1 Å². The number of hydrogen-bond acceptors (Lipinski definition) is 2. The monoisotopic (exact) mass is 289 g/mol. The molecule has 0 spiro atoms. The molecule has 4 aromatic rings. The van der Waals surface area contributed by atoms with Gasteiger partial charge in [0.15, 0.2) is 0 Å². The first kappa shape index (κ1) is 12.7. The Kier molecular flexibility index (Phi) is 2.93. The van der Waals surface area contributed by atoms with Gasteiger partial charge in [-0.1, -0.05) is 18.2 Å². The zero-order valence-corrected chi connectivity index (χ0v) is 11.6. The van der Waals surface area contributed by atoms with Gasteiger partial charge in [-0.3, -0.25) is 9.55 Å². The van der Waals surface area contributed by atoms with Crippen LogP contribution in [0.2, 0.25) is 0 Å². The summed E-state index contributed by atoms with van der Waals surface area (Å²) in [6, 6.07) is 16.3. The molecule has 0 saturated carbocycles. The predicted molar refractivity (Wildman–Crippen MR) is 84.3 cm³/mol. The topological polar surface area (TPSA) is 30.7 Å². The maximum absolute atomic E-state index is 13.1. The SMILES string of the molecule is Fc1ccc(-c2nccn2-c2ccnc3ccccc23)cc1. The van der Waals surface area contributed by atoms with Crippen LogP contribution < -0.4 is 0 Å². The van der Waals surface area contributed by atoms with Crippen molar-refractivity contribution < 1.29 is 4.39 Å². The molecule has 0 fully saturated rings. The van der Waals surface area contributed by atoms with Crippen LogP contribution in [0.3, 0.4) is 0 Å². The van der Waals surface area contributed by atoms with Gasteiger partial charge in [0, 0.05) is 29.5 Å². The summed E-state index contributed by atoms with van der Waals surface area (Å²) >= 11 is 0. The van der Waals surface area contributed by atoms with Crippen molar-refractivity contribution in [1.29, 1.82) is 0 Å². The molecule has 0 N–H and O–H groups in total. The number of para-hydroxylation sites is 1. The van der Waals surface area contributed by atoms with E-state index in [1.165, 1.54) is 12.1 Å². The predicted octanol–water partition coefficient (Wildman–Crippen LogP) is 4.23. The third-order valence-electron chi connectivity index (χ3n) is 3.63. The van der Waals surface area contributed by atoms with E-state index in [-0.39, 0.29) is 5.82 Å². The van der Waals surface area contributed by atoms with E-state index in [9.17, 15) is 4.39 Å². The van der Waals surface area contributed by atoms with E-state index in [0.717, 1.165) is 28.0 Å². The Morgan fingerprint density at radius 2 is 1.64 bits per heavy atom. The van der Waals surface area contributed by atoms with Crippen molar-refractivity contribution in [1.82, 2.24) is 14.5 Å². The Labute approximate surface area is 126 Å². The molecule has 0 unspecified atom stereocenters. The molecule has 0 aliphatic carbocycles. The third kappa shape index (κ3) is 2.05. The van der Waals surface area contributed by atoms with E-state index in [1.807, 2.05) is 41.1 Å². The van der Waals surface area contributed by atoms with Gasteiger partial charge < -0.3 is 0 Å². The molecule has 2 aromatic heterocycles. The highest BCUT2D eigenvalue weighted by atomic mass is 19.1. The number of nitrogens with zero attached hydrogens (tertiary/aromatic N) is 3. The number of aromatic nitrogens is 3. The summed E-state index contributed by atoms with van der Waals surface area (Å²) in [5.41, 5.74) is 2.80. The Morgan fingerprint density at radius 3 is 2.50 bits per heavy atom. The summed E-state index contributed by atoms with van der Waals surface area (Å²) in [5.74, 6) is 0.521. The van der Waals surface area contributed by atoms with Crippen molar-refractivity contribution >= 4 is 10.9 Å². The maximum atomic E-state index is 13.1. The molecular weight excluding hydrogens is 277 g/mol. The van der Waals surface area contributed by atoms with Gasteiger partial charge in [-0.05, 0) is 36.4 Å². The first-order valence-corrected chi connectivity index (χ1v) is 6.96. The van der Waals surface area contributed by atoms with Crippen LogP contribution in [-0.2, 0) is 0 Å². The molecule has 2 heterocycles. The quantitative estimate of drug-likeness (QED) is 0.553. The molecule has 0 bridgehead atoms. The maximum Gasteiger partial charge on any atom is 0.144 e. The van der Waals surface area contributed by atoms with Crippen LogP contribution in [0.4, 0.5) is 4.39 Å². The molecule has 0 atom stereocenters. The van der Waals surface area contributed by atoms with Crippen molar-refractivity contribution in [2.75, 3.05) is 0 Å². The molecule has 0 aliphatic rings. The lowest BCUT2D eigenvalue weighted by atomic mass is 10.1. The van der Waals surface area contributed by atoms with Gasteiger partial charge in [0.1, 0.15) is 11.6 Å². The van der Waals surface area contributed by atoms with Gasteiger partial charge >= 0.3 is 0 Å². The van der Waals surface area contributed by atoms with Crippen LogP contribution in [0.5, 0.6) is 0 Å². The lowest BCUT2D eigenvalue weighted by Crippen LogP contribution is -1.98. The summed E-state index contributed by atoms with van der Waals surface area (Å²) in [5, 5.41) is 1.05. The van der Waals surface area contributed by atoms with Gasteiger partial charge in [0.2, 0.25) is 0 Å². The zero-order valence-electron chi connectivity index (χ0n) is 11.6. The van der Waals surface area contributed by atoms with Gasteiger partial charge in [-0.15, -0.1) is 0 Å². The van der Waals surface area contributed by atoms with Gasteiger partial charge in [-0.25, -0.2) is 9.37 Å². The van der Waals surface area contributed by atoms with Crippen LogP contribution in [-0.4, -0.2) is 14.5 Å². The highest BCUT2D eigenvalue weighted by Gasteiger charge is 2.10. The number of hydrogen-bond donors (Lipinski definition) is 0. The number of imidazole rings is 1. The van der Waals surface area contributed by atoms with Gasteiger partial charge in [0.05, 0.1) is 11.2 Å². The lowest BCUT2D eigenvalue weighted by Gasteiger charge is -2.10. The summed E-state index contributed by atoms with van der Waals surface area (Å²) < 4.78 is 15.1. The molecule has 106 valence electrons. The molecule has 0 aliphatic heterocycles. The van der Waals surface area contributed by atoms with Crippen LogP contribution in [0, 0.1) is 5.82 Å². The van der Waals surface area contributed by atoms with Crippen LogP contribution in [0.25, 0.3) is 28.0 Å². The van der Waals surface area contributed by atoms with Gasteiger partial charge in [0.25, 0.3) is 0 Å². The average Bonchev–Trinajstić information content (AvgIpc) is 3.04. The first-order valence-electron chi connectivity index (χ1n) is 6.96. The third-order valence-corrected chi connectivity index (χ3v) is 3.63. The number of benzene rings is 2. The van der Waals surface area contributed by atoms with Crippen molar-refractivity contribution in [2.45, 2.75) is 0 Å². The Morgan fingerprint density at radius 1 is 0.818 bits per heavy atom. The summed E-state index contributed by atoms with van der Waals surface area (Å²) in [6.07, 6.45) is 5.43. The van der Waals surface area contributed by atoms with Crippen molar-refractivity contribution in [3.05, 3.63) is 79.0 Å². The molecular formula is C18H12FN3. The van der Waals surface area contributed by atoms with E-state index in [4.69, 9.17) is 0 Å². The second-order valence-corrected chi connectivity index (χ2v) is 4.97. The Bertz CT molecular complexity index is 937. The van der Waals surface area contributed by atoms with Crippen LogP contribution in [0.1, 0.15) is 0 Å². The number of pyridine rings is 1. The number of fused-ring (bicyclic) bond motifs is 1. The summed E-state index contributed by atoms with van der Waals surface area (Å²) in [6.45, 7) is 0. The number of halogens is 1. The standard InChI is InChI=1S/C18H12FN3/c19-14-7-5-13(6-8-14)18-21-11-12-22(18)17-9-10-20-16-4-2-1-3-15(16)17/h1-12H. The summed E-state index contributed by atoms with van der Waals surface area (Å²) in [4.78, 5) is 8.80. The minimum Gasteiger partial charge on any atom is -0.299 e. The van der Waals surface area contributed by atoms with Crippen LogP contribution >= 0.6 is 0 Å². The molecule has 0 saturated heterocycles. The molecule has 3 nitrogen and oxygen atoms in total. The second kappa shape index (κ2) is 5.07. The minimum absolute atomic E-state index is 0.254. The van der Waals surface area contributed by atoms with Crippen LogP contribution in [0.15, 0.2) is 73.2 Å². The van der Waals surface area contributed by atoms with Crippen molar-refractivity contribution in [3.63, 3.8) is 0 Å². The molecule has 4 rings (SSSR count). The molecule has 2 aromatic carbocycles. The normalized spacial score (nSPS) is 11.0. The van der Waals surface area contributed by atoms with E-state index < -0.39 is 0 Å².